The molecule has 9 nitrogen and oxygen atoms in total. The van der Waals surface area contributed by atoms with Crippen LogP contribution >= 0.6 is 11.6 Å². The zero-order chi connectivity index (χ0) is 25.5. The van der Waals surface area contributed by atoms with Gasteiger partial charge in [-0.3, -0.25) is 14.6 Å². The zero-order valence-electron chi connectivity index (χ0n) is 20.6. The summed E-state index contributed by atoms with van der Waals surface area (Å²) in [5, 5.41) is 18.6. The Balaban J connectivity index is 1.36. The third kappa shape index (κ3) is 3.20. The summed E-state index contributed by atoms with van der Waals surface area (Å²) < 4.78 is 3.92. The highest BCUT2D eigenvalue weighted by molar-refractivity contribution is 6.36. The monoisotopic (exact) mass is 512 g/mol. The van der Waals surface area contributed by atoms with Gasteiger partial charge in [0.25, 0.3) is 0 Å². The van der Waals surface area contributed by atoms with Crippen molar-refractivity contribution in [2.45, 2.75) is 32.7 Å². The van der Waals surface area contributed by atoms with Gasteiger partial charge in [-0.15, -0.1) is 0 Å². The number of rotatable bonds is 4. The van der Waals surface area contributed by atoms with Gasteiger partial charge in [0.1, 0.15) is 12.0 Å². The molecule has 10 heteroatoms. The lowest BCUT2D eigenvalue weighted by Gasteiger charge is -2.58. The average molecular weight is 513 g/mol. The molecule has 1 saturated heterocycles. The fraction of sp³-hybridized carbons (Fsp3) is 0.296. The molecule has 1 aromatic carbocycles. The van der Waals surface area contributed by atoms with Crippen molar-refractivity contribution in [1.29, 1.82) is 0 Å². The van der Waals surface area contributed by atoms with E-state index in [0.29, 0.717) is 5.02 Å². The number of hydrogen-bond acceptors (Lipinski definition) is 5. The third-order valence-electron chi connectivity index (χ3n) is 8.03. The summed E-state index contributed by atoms with van der Waals surface area (Å²) in [5.74, 6) is 0.00985. The molecule has 2 aliphatic rings. The summed E-state index contributed by atoms with van der Waals surface area (Å²) in [6.07, 6.45) is 8.70. The summed E-state index contributed by atoms with van der Waals surface area (Å²) in [5.41, 5.74) is 7.64. The van der Waals surface area contributed by atoms with Crippen molar-refractivity contribution in [1.82, 2.24) is 39.5 Å². The van der Waals surface area contributed by atoms with E-state index in [1.54, 1.807) is 10.8 Å². The van der Waals surface area contributed by atoms with Gasteiger partial charge >= 0.3 is 0 Å². The number of likely N-dealkylation sites (tertiary alicyclic amines) is 1. The molecule has 1 amide bonds. The number of H-pyrrole nitrogens is 1. The topological polar surface area (TPSA) is 97.0 Å². The Morgan fingerprint density at radius 2 is 2.05 bits per heavy atom. The van der Waals surface area contributed by atoms with Gasteiger partial charge in [0.15, 0.2) is 5.65 Å². The lowest BCUT2D eigenvalue weighted by molar-refractivity contribution is -0.149. The molecular weight excluding hydrogens is 488 g/mol. The molecule has 1 saturated carbocycles. The fourth-order valence-electron chi connectivity index (χ4n) is 6.20. The molecule has 0 unspecified atom stereocenters. The van der Waals surface area contributed by atoms with Gasteiger partial charge in [-0.2, -0.15) is 15.3 Å². The van der Waals surface area contributed by atoms with E-state index in [1.807, 2.05) is 42.4 Å². The maximum atomic E-state index is 12.0. The zero-order valence-corrected chi connectivity index (χ0v) is 21.3. The van der Waals surface area contributed by atoms with Crippen LogP contribution in [0.15, 0.2) is 49.6 Å². The second-order valence-corrected chi connectivity index (χ2v) is 10.8. The maximum Gasteiger partial charge on any atom is 0.245 e. The van der Waals surface area contributed by atoms with Crippen LogP contribution in [0.2, 0.25) is 5.02 Å². The number of aryl methyl sites for hydroxylation is 1. The van der Waals surface area contributed by atoms with Crippen LogP contribution in [0, 0.1) is 19.3 Å². The maximum absolute atomic E-state index is 12.0. The molecule has 1 aliphatic carbocycles. The quantitative estimate of drug-likeness (QED) is 0.350. The number of nitrogens with zero attached hydrogens (tertiary/aromatic N) is 7. The number of carbonyl (C=O) groups excluding carboxylic acids is 1. The molecular formula is C27H25ClN8O. The number of fused-ring (bicyclic) bond motifs is 2. The smallest absolute Gasteiger partial charge is 0.245 e. The van der Waals surface area contributed by atoms with E-state index in [-0.39, 0.29) is 17.4 Å². The van der Waals surface area contributed by atoms with Crippen molar-refractivity contribution < 1.29 is 4.79 Å². The van der Waals surface area contributed by atoms with E-state index >= 15 is 0 Å². The van der Waals surface area contributed by atoms with Crippen LogP contribution in [-0.2, 0) is 4.79 Å². The van der Waals surface area contributed by atoms with E-state index in [1.165, 1.54) is 6.08 Å². The van der Waals surface area contributed by atoms with Crippen molar-refractivity contribution in [3.63, 3.8) is 0 Å². The molecule has 0 radical (unpaired) electrons. The molecule has 1 N–H and O–H groups in total. The normalized spacial score (nSPS) is 16.9. The van der Waals surface area contributed by atoms with Crippen LogP contribution in [0.5, 0.6) is 0 Å². The Kier molecular flexibility index (Phi) is 4.66. The molecule has 7 rings (SSSR count). The predicted octanol–water partition coefficient (Wildman–Crippen LogP) is 4.76. The van der Waals surface area contributed by atoms with Gasteiger partial charge in [0.05, 0.1) is 22.8 Å². The first kappa shape index (κ1) is 22.2. The largest absolute Gasteiger partial charge is 0.338 e. The Bertz CT molecular complexity index is 1730. The van der Waals surface area contributed by atoms with Crippen LogP contribution < -0.4 is 0 Å². The Labute approximate surface area is 217 Å². The lowest BCUT2D eigenvalue weighted by Crippen LogP contribution is -2.63. The number of aromatic nitrogens is 7. The molecule has 2 fully saturated rings. The van der Waals surface area contributed by atoms with Crippen LogP contribution in [0.1, 0.15) is 30.1 Å². The third-order valence-corrected chi connectivity index (χ3v) is 8.52. The SMILES string of the molecule is C=CC(=O)N1CC2(CC(n3nc(-c4ccc5ncnn5c4)c(-c4c(Cl)c(C)cc5[nH]ncc45)c3C)C2)C1. The fourth-order valence-corrected chi connectivity index (χ4v) is 6.45. The summed E-state index contributed by atoms with van der Waals surface area (Å²) >= 11 is 6.99. The number of halogens is 1. The number of hydrogen-bond donors (Lipinski definition) is 1. The minimum atomic E-state index is 0.00985. The Hall–Kier alpha value is -3.98. The van der Waals surface area contributed by atoms with E-state index < -0.39 is 0 Å². The molecule has 5 aromatic rings. The van der Waals surface area contributed by atoms with Gasteiger partial charge in [0, 0.05) is 52.5 Å². The summed E-state index contributed by atoms with van der Waals surface area (Å²) in [6, 6.07) is 6.26. The first-order valence-corrected chi connectivity index (χ1v) is 12.7. The van der Waals surface area contributed by atoms with Crippen molar-refractivity contribution in [2.75, 3.05) is 13.1 Å². The van der Waals surface area contributed by atoms with Crippen LogP contribution in [-0.4, -0.2) is 58.5 Å². The predicted molar refractivity (Wildman–Crippen MR) is 141 cm³/mol. The number of aromatic amines is 1. The van der Waals surface area contributed by atoms with Crippen LogP contribution in [0.25, 0.3) is 38.9 Å². The summed E-state index contributed by atoms with van der Waals surface area (Å²) in [4.78, 5) is 18.1. The van der Waals surface area contributed by atoms with Gasteiger partial charge in [-0.25, -0.2) is 9.50 Å². The van der Waals surface area contributed by atoms with Crippen LogP contribution in [0.4, 0.5) is 0 Å². The van der Waals surface area contributed by atoms with Gasteiger partial charge in [0.2, 0.25) is 5.91 Å². The van der Waals surface area contributed by atoms with E-state index in [2.05, 4.69) is 38.5 Å². The molecule has 186 valence electrons. The number of carbonyl (C=O) groups is 1. The summed E-state index contributed by atoms with van der Waals surface area (Å²) in [6.45, 7) is 9.31. The van der Waals surface area contributed by atoms with E-state index in [0.717, 1.165) is 76.1 Å². The van der Waals surface area contributed by atoms with Crippen molar-refractivity contribution in [2.24, 2.45) is 5.41 Å². The van der Waals surface area contributed by atoms with E-state index in [4.69, 9.17) is 16.7 Å². The first-order chi connectivity index (χ1) is 17.9. The number of amides is 1. The average Bonchev–Trinajstić information content (AvgIpc) is 3.57. The van der Waals surface area contributed by atoms with Gasteiger partial charge in [-0.1, -0.05) is 18.2 Å². The minimum absolute atomic E-state index is 0.00985. The second kappa shape index (κ2) is 7.76. The molecule has 0 atom stereocenters. The number of nitrogens with one attached hydrogen (secondary N) is 1. The molecule has 5 heterocycles. The molecule has 0 bridgehead atoms. The summed E-state index contributed by atoms with van der Waals surface area (Å²) in [7, 11) is 0. The van der Waals surface area contributed by atoms with Gasteiger partial charge < -0.3 is 4.90 Å². The Morgan fingerprint density at radius 1 is 1.24 bits per heavy atom. The van der Waals surface area contributed by atoms with Gasteiger partial charge in [-0.05, 0) is 56.5 Å². The van der Waals surface area contributed by atoms with Crippen molar-refractivity contribution >= 4 is 34.1 Å². The molecule has 4 aromatic heterocycles. The highest BCUT2D eigenvalue weighted by Crippen LogP contribution is 2.55. The highest BCUT2D eigenvalue weighted by atomic mass is 35.5. The first-order valence-electron chi connectivity index (χ1n) is 12.3. The number of benzene rings is 1. The van der Waals surface area contributed by atoms with Crippen molar-refractivity contribution in [3.05, 3.63) is 65.9 Å². The Morgan fingerprint density at radius 3 is 2.84 bits per heavy atom. The molecule has 1 aliphatic heterocycles. The second-order valence-electron chi connectivity index (χ2n) is 10.4. The molecule has 1 spiro atoms. The van der Waals surface area contributed by atoms with Crippen molar-refractivity contribution in [3.8, 4) is 22.4 Å². The minimum Gasteiger partial charge on any atom is -0.338 e. The molecule has 37 heavy (non-hydrogen) atoms. The van der Waals surface area contributed by atoms with Crippen LogP contribution in [0.3, 0.4) is 0 Å². The number of pyridine rings is 1. The lowest BCUT2D eigenvalue weighted by atomic mass is 9.60. The standard InChI is InChI=1S/C27H25ClN8O/c1-4-22(37)34-12-27(13-34)8-18(9-27)36-16(3)23(24-19-10-30-32-20(19)7-15(2)25(24)28)26(33-36)17-5-6-21-29-14-31-35(21)11-17/h4-7,10-11,14,18H,1,8-9,12-13H2,2-3H3,(H,30,32). The highest BCUT2D eigenvalue weighted by Gasteiger charge is 2.54. The van der Waals surface area contributed by atoms with E-state index in [9.17, 15) is 4.79 Å².